The number of nitrogens with zero attached hydrogens (tertiary/aromatic N) is 2. The van der Waals surface area contributed by atoms with E-state index < -0.39 is 0 Å². The molecule has 1 saturated heterocycles. The second-order valence-electron chi connectivity index (χ2n) is 9.37. The van der Waals surface area contributed by atoms with Crippen molar-refractivity contribution in [3.63, 3.8) is 0 Å². The number of carbonyl (C=O) groups is 1. The third-order valence-electron chi connectivity index (χ3n) is 6.88. The van der Waals surface area contributed by atoms with Crippen LogP contribution in [0.3, 0.4) is 0 Å². The monoisotopic (exact) mass is 480 g/mol. The number of aryl methyl sites for hydroxylation is 2. The van der Waals surface area contributed by atoms with Gasteiger partial charge in [0.2, 0.25) is 0 Å². The molecule has 36 heavy (non-hydrogen) atoms. The van der Waals surface area contributed by atoms with Gasteiger partial charge in [-0.25, -0.2) is 4.68 Å². The molecular formula is C30H32N4O2. The van der Waals surface area contributed by atoms with E-state index in [-0.39, 0.29) is 11.8 Å². The molecule has 2 heterocycles. The molecule has 4 aromatic rings. The molecule has 1 aliphatic heterocycles. The summed E-state index contributed by atoms with van der Waals surface area (Å²) in [5.74, 6) is 0.717. The van der Waals surface area contributed by atoms with Crippen molar-refractivity contribution in [2.75, 3.05) is 18.4 Å². The van der Waals surface area contributed by atoms with Crippen LogP contribution in [0.2, 0.25) is 0 Å². The van der Waals surface area contributed by atoms with Crippen LogP contribution in [-0.4, -0.2) is 28.8 Å². The molecule has 0 radical (unpaired) electrons. The highest BCUT2D eigenvalue weighted by molar-refractivity contribution is 6.05. The van der Waals surface area contributed by atoms with Crippen LogP contribution in [0.15, 0.2) is 79.0 Å². The number of anilines is 1. The lowest BCUT2D eigenvalue weighted by Gasteiger charge is -2.25. The van der Waals surface area contributed by atoms with Crippen molar-refractivity contribution in [2.24, 2.45) is 0 Å². The van der Waals surface area contributed by atoms with Crippen molar-refractivity contribution >= 4 is 11.6 Å². The van der Waals surface area contributed by atoms with Gasteiger partial charge in [0.25, 0.3) is 5.91 Å². The lowest BCUT2D eigenvalue weighted by atomic mass is 9.91. The average molecular weight is 481 g/mol. The zero-order valence-electron chi connectivity index (χ0n) is 20.8. The summed E-state index contributed by atoms with van der Waals surface area (Å²) in [7, 11) is 0. The first-order chi connectivity index (χ1) is 17.6. The summed E-state index contributed by atoms with van der Waals surface area (Å²) in [5.41, 5.74) is 6.72. The maximum absolute atomic E-state index is 13.6. The molecule has 1 amide bonds. The maximum atomic E-state index is 13.6. The first kappa shape index (κ1) is 23.8. The Morgan fingerprint density at radius 1 is 1.00 bits per heavy atom. The summed E-state index contributed by atoms with van der Waals surface area (Å²) in [6.07, 6.45) is 3.64. The molecule has 0 bridgehead atoms. The normalized spacial score (nSPS) is 13.9. The number of hydrogen-bond donors (Lipinski definition) is 2. The molecule has 0 unspecified atom stereocenters. The van der Waals surface area contributed by atoms with E-state index in [2.05, 4.69) is 42.7 Å². The van der Waals surface area contributed by atoms with Gasteiger partial charge in [0.05, 0.1) is 28.8 Å². The van der Waals surface area contributed by atoms with Crippen LogP contribution in [0.25, 0.3) is 5.69 Å². The number of aromatic nitrogens is 2. The highest BCUT2D eigenvalue weighted by Gasteiger charge is 2.27. The van der Waals surface area contributed by atoms with Gasteiger partial charge >= 0.3 is 0 Å². The Morgan fingerprint density at radius 2 is 1.75 bits per heavy atom. The molecule has 2 N–H and O–H groups in total. The predicted molar refractivity (Wildman–Crippen MR) is 143 cm³/mol. The van der Waals surface area contributed by atoms with E-state index in [0.29, 0.717) is 23.6 Å². The smallest absolute Gasteiger partial charge is 0.259 e. The number of piperidine rings is 1. The van der Waals surface area contributed by atoms with E-state index >= 15 is 0 Å². The van der Waals surface area contributed by atoms with Gasteiger partial charge in [-0.2, -0.15) is 5.10 Å². The Labute approximate surface area is 212 Å². The van der Waals surface area contributed by atoms with Crippen molar-refractivity contribution in [3.8, 4) is 11.4 Å². The zero-order valence-corrected chi connectivity index (χ0v) is 20.8. The van der Waals surface area contributed by atoms with E-state index in [1.807, 2.05) is 59.3 Å². The molecule has 1 fully saturated rings. The number of ether oxygens (including phenoxy) is 1. The molecule has 5 rings (SSSR count). The Hall–Kier alpha value is -3.90. The molecule has 184 valence electrons. The summed E-state index contributed by atoms with van der Waals surface area (Å²) >= 11 is 0. The predicted octanol–water partition coefficient (Wildman–Crippen LogP) is 5.79. The van der Waals surface area contributed by atoms with Gasteiger partial charge in [-0.3, -0.25) is 4.79 Å². The lowest BCUT2D eigenvalue weighted by molar-refractivity contribution is 0.102. The lowest BCUT2D eigenvalue weighted by Crippen LogP contribution is -2.29. The molecule has 1 aliphatic rings. The number of benzene rings is 3. The molecule has 0 aliphatic carbocycles. The largest absolute Gasteiger partial charge is 0.487 e. The van der Waals surface area contributed by atoms with Gasteiger partial charge in [-0.05, 0) is 80.7 Å². The number of nitrogens with one attached hydrogen (secondary N) is 2. The molecular weight excluding hydrogens is 448 g/mol. The third-order valence-corrected chi connectivity index (χ3v) is 6.88. The summed E-state index contributed by atoms with van der Waals surface area (Å²) in [5, 5.41) is 11.2. The fourth-order valence-corrected chi connectivity index (χ4v) is 4.70. The maximum Gasteiger partial charge on any atom is 0.259 e. The Morgan fingerprint density at radius 3 is 2.53 bits per heavy atom. The van der Waals surface area contributed by atoms with Crippen LogP contribution in [-0.2, 0) is 6.61 Å². The summed E-state index contributed by atoms with van der Waals surface area (Å²) in [4.78, 5) is 13.6. The highest BCUT2D eigenvalue weighted by Crippen LogP contribution is 2.32. The summed E-state index contributed by atoms with van der Waals surface area (Å²) < 4.78 is 8.02. The van der Waals surface area contributed by atoms with Crippen LogP contribution in [0.5, 0.6) is 5.75 Å². The van der Waals surface area contributed by atoms with Crippen LogP contribution >= 0.6 is 0 Å². The van der Waals surface area contributed by atoms with E-state index in [4.69, 9.17) is 9.84 Å². The van der Waals surface area contributed by atoms with Gasteiger partial charge in [-0.15, -0.1) is 0 Å². The number of carbonyl (C=O) groups excluding carboxylic acids is 1. The Kier molecular flexibility index (Phi) is 7.14. The van der Waals surface area contributed by atoms with Gasteiger partial charge in [0.15, 0.2) is 0 Å². The van der Waals surface area contributed by atoms with Gasteiger partial charge in [-0.1, -0.05) is 48.5 Å². The quantitative estimate of drug-likeness (QED) is 0.351. The van der Waals surface area contributed by atoms with Crippen LogP contribution in [0, 0.1) is 13.8 Å². The Balaban J connectivity index is 1.44. The van der Waals surface area contributed by atoms with Gasteiger partial charge in [0.1, 0.15) is 12.4 Å². The summed E-state index contributed by atoms with van der Waals surface area (Å²) in [6, 6.07) is 23.9. The van der Waals surface area contributed by atoms with Crippen molar-refractivity contribution in [3.05, 3.63) is 107 Å². The number of rotatable bonds is 7. The van der Waals surface area contributed by atoms with Crippen molar-refractivity contribution < 1.29 is 9.53 Å². The standard InChI is InChI=1S/C30H32N4O2/c1-21-12-13-25(18-22(21)2)34-29(24-14-16-31-17-15-24)26(19-32-34)30(35)33-27-10-6-7-11-28(27)36-20-23-8-4-3-5-9-23/h3-13,18-19,24,31H,14-17,20H2,1-2H3,(H,33,35). The Bertz CT molecular complexity index is 1340. The fourth-order valence-electron chi connectivity index (χ4n) is 4.70. The molecule has 0 atom stereocenters. The molecule has 3 aromatic carbocycles. The minimum atomic E-state index is -0.172. The topological polar surface area (TPSA) is 68.2 Å². The molecule has 6 nitrogen and oxygen atoms in total. The molecule has 1 aromatic heterocycles. The SMILES string of the molecule is Cc1ccc(-n2ncc(C(=O)Nc3ccccc3OCc3ccccc3)c2C2CCNCC2)cc1C. The first-order valence-electron chi connectivity index (χ1n) is 12.5. The fraction of sp³-hybridized carbons (Fsp3) is 0.267. The van der Waals surface area contributed by atoms with Crippen molar-refractivity contribution in [1.82, 2.24) is 15.1 Å². The van der Waals surface area contributed by atoms with E-state index in [1.54, 1.807) is 6.20 Å². The van der Waals surface area contributed by atoms with Crippen LogP contribution in [0.4, 0.5) is 5.69 Å². The van der Waals surface area contributed by atoms with Crippen molar-refractivity contribution in [2.45, 2.75) is 39.2 Å². The molecule has 0 spiro atoms. The number of para-hydroxylation sites is 2. The average Bonchev–Trinajstić information content (AvgIpc) is 3.36. The molecule has 6 heteroatoms. The minimum Gasteiger partial charge on any atom is -0.487 e. The zero-order chi connectivity index (χ0) is 24.9. The van der Waals surface area contributed by atoms with Gasteiger partial charge < -0.3 is 15.4 Å². The summed E-state index contributed by atoms with van der Waals surface area (Å²) in [6.45, 7) is 6.50. The second kappa shape index (κ2) is 10.8. The van der Waals surface area contributed by atoms with E-state index in [1.165, 1.54) is 11.1 Å². The van der Waals surface area contributed by atoms with Crippen molar-refractivity contribution in [1.29, 1.82) is 0 Å². The number of hydrogen-bond acceptors (Lipinski definition) is 4. The highest BCUT2D eigenvalue weighted by atomic mass is 16.5. The second-order valence-corrected chi connectivity index (χ2v) is 9.37. The van der Waals surface area contributed by atoms with Gasteiger partial charge in [0, 0.05) is 5.92 Å². The van der Waals surface area contributed by atoms with E-state index in [0.717, 1.165) is 42.9 Å². The first-order valence-corrected chi connectivity index (χ1v) is 12.5. The van der Waals surface area contributed by atoms with Crippen LogP contribution in [0.1, 0.15) is 51.5 Å². The van der Waals surface area contributed by atoms with Crippen LogP contribution < -0.4 is 15.4 Å². The minimum absolute atomic E-state index is 0.172. The van der Waals surface area contributed by atoms with E-state index in [9.17, 15) is 4.79 Å². The number of amides is 1. The molecule has 0 saturated carbocycles. The third kappa shape index (κ3) is 5.19.